The van der Waals surface area contributed by atoms with Crippen LogP contribution in [0.25, 0.3) is 6.08 Å². The maximum Gasteiger partial charge on any atom is 0.328 e. The molecule has 1 aromatic rings. The SMILES string of the molecule is COCCCn1c(C)ccc(/C=C/C(=O)O)c1=O. The summed E-state index contributed by atoms with van der Waals surface area (Å²) >= 11 is 0. The maximum atomic E-state index is 12.1. The van der Waals surface area contributed by atoms with E-state index in [0.29, 0.717) is 18.7 Å². The van der Waals surface area contributed by atoms with Crippen LogP contribution in [-0.2, 0) is 16.1 Å². The topological polar surface area (TPSA) is 68.5 Å². The van der Waals surface area contributed by atoms with Crippen LogP contribution >= 0.6 is 0 Å². The van der Waals surface area contributed by atoms with Gasteiger partial charge in [-0.1, -0.05) is 0 Å². The number of rotatable bonds is 6. The first-order chi connectivity index (χ1) is 8.56. The van der Waals surface area contributed by atoms with Crippen LogP contribution in [0.2, 0.25) is 0 Å². The van der Waals surface area contributed by atoms with Gasteiger partial charge in [-0.25, -0.2) is 4.79 Å². The fourth-order valence-corrected chi connectivity index (χ4v) is 1.62. The van der Waals surface area contributed by atoms with Crippen molar-refractivity contribution < 1.29 is 14.6 Å². The number of carbonyl (C=O) groups is 1. The molecule has 1 aromatic heterocycles. The van der Waals surface area contributed by atoms with Gasteiger partial charge >= 0.3 is 5.97 Å². The van der Waals surface area contributed by atoms with E-state index in [0.717, 1.165) is 18.2 Å². The van der Waals surface area contributed by atoms with Gasteiger partial charge in [-0.15, -0.1) is 0 Å². The Morgan fingerprint density at radius 2 is 2.22 bits per heavy atom. The predicted molar refractivity (Wildman–Crippen MR) is 68.6 cm³/mol. The summed E-state index contributed by atoms with van der Waals surface area (Å²) < 4.78 is 6.57. The number of carboxylic acid groups (broad SMARTS) is 1. The average molecular weight is 251 g/mol. The fraction of sp³-hybridized carbons (Fsp3) is 0.385. The number of methoxy groups -OCH3 is 1. The molecule has 0 saturated heterocycles. The van der Waals surface area contributed by atoms with Crippen molar-refractivity contribution in [3.8, 4) is 0 Å². The molecule has 5 nitrogen and oxygen atoms in total. The third-order valence-corrected chi connectivity index (χ3v) is 2.56. The number of aryl methyl sites for hydroxylation is 1. The van der Waals surface area contributed by atoms with Gasteiger partial charge in [-0.3, -0.25) is 4.79 Å². The van der Waals surface area contributed by atoms with E-state index in [1.54, 1.807) is 23.8 Å². The summed E-state index contributed by atoms with van der Waals surface area (Å²) in [6.45, 7) is 2.99. The standard InChI is InChI=1S/C13H17NO4/c1-10-4-5-11(6-7-12(15)16)13(17)14(10)8-3-9-18-2/h4-7H,3,8-9H2,1-2H3,(H,15,16)/b7-6+. The third kappa shape index (κ3) is 3.85. The Bertz CT molecular complexity index is 502. The molecule has 0 radical (unpaired) electrons. The van der Waals surface area contributed by atoms with Crippen molar-refractivity contribution in [2.24, 2.45) is 0 Å². The molecule has 18 heavy (non-hydrogen) atoms. The van der Waals surface area contributed by atoms with Crippen molar-refractivity contribution in [1.82, 2.24) is 4.57 Å². The Labute approximate surface area is 105 Å². The number of hydrogen-bond donors (Lipinski definition) is 1. The summed E-state index contributed by atoms with van der Waals surface area (Å²) in [5.41, 5.74) is 1.05. The molecular formula is C13H17NO4. The Morgan fingerprint density at radius 3 is 2.83 bits per heavy atom. The van der Waals surface area contributed by atoms with E-state index in [1.165, 1.54) is 6.08 Å². The molecule has 1 heterocycles. The van der Waals surface area contributed by atoms with Gasteiger partial charge in [0, 0.05) is 37.6 Å². The minimum Gasteiger partial charge on any atom is -0.478 e. The Hall–Kier alpha value is -1.88. The molecule has 1 N–H and O–H groups in total. The van der Waals surface area contributed by atoms with E-state index in [9.17, 15) is 9.59 Å². The minimum absolute atomic E-state index is 0.177. The van der Waals surface area contributed by atoms with Gasteiger partial charge in [0.05, 0.1) is 0 Å². The maximum absolute atomic E-state index is 12.1. The smallest absolute Gasteiger partial charge is 0.328 e. The molecule has 0 saturated carbocycles. The number of aromatic nitrogens is 1. The van der Waals surface area contributed by atoms with Crippen LogP contribution in [0.5, 0.6) is 0 Å². The zero-order chi connectivity index (χ0) is 13.5. The number of pyridine rings is 1. The molecule has 5 heteroatoms. The monoisotopic (exact) mass is 251 g/mol. The second-order valence-electron chi connectivity index (χ2n) is 3.90. The molecule has 98 valence electrons. The fourth-order valence-electron chi connectivity index (χ4n) is 1.62. The second kappa shape index (κ2) is 6.76. The van der Waals surface area contributed by atoms with Crippen LogP contribution in [0, 0.1) is 6.92 Å². The first-order valence-corrected chi connectivity index (χ1v) is 5.66. The Balaban J connectivity index is 2.99. The molecule has 1 rings (SSSR count). The zero-order valence-corrected chi connectivity index (χ0v) is 10.5. The summed E-state index contributed by atoms with van der Waals surface area (Å²) in [7, 11) is 1.61. The Morgan fingerprint density at radius 1 is 1.50 bits per heavy atom. The molecule has 0 fully saturated rings. The molecule has 0 aliphatic heterocycles. The first-order valence-electron chi connectivity index (χ1n) is 5.66. The van der Waals surface area contributed by atoms with Gasteiger partial charge in [0.15, 0.2) is 0 Å². The summed E-state index contributed by atoms with van der Waals surface area (Å²) in [5.74, 6) is -1.07. The van der Waals surface area contributed by atoms with E-state index < -0.39 is 5.97 Å². The molecule has 0 bridgehead atoms. The van der Waals surface area contributed by atoms with Crippen molar-refractivity contribution in [1.29, 1.82) is 0 Å². The molecule has 0 aliphatic carbocycles. The van der Waals surface area contributed by atoms with Crippen molar-refractivity contribution in [2.45, 2.75) is 19.9 Å². The minimum atomic E-state index is -1.07. The molecule has 0 unspecified atom stereocenters. The molecule has 0 aromatic carbocycles. The van der Waals surface area contributed by atoms with E-state index in [1.807, 2.05) is 6.92 Å². The van der Waals surface area contributed by atoms with Crippen LogP contribution in [-0.4, -0.2) is 29.4 Å². The number of ether oxygens (including phenoxy) is 1. The second-order valence-corrected chi connectivity index (χ2v) is 3.90. The normalized spacial score (nSPS) is 11.0. The van der Waals surface area contributed by atoms with E-state index >= 15 is 0 Å². The number of nitrogens with zero attached hydrogens (tertiary/aromatic N) is 1. The van der Waals surface area contributed by atoms with Crippen LogP contribution in [0.3, 0.4) is 0 Å². The average Bonchev–Trinajstić information content (AvgIpc) is 2.32. The van der Waals surface area contributed by atoms with Gasteiger partial charge in [0.25, 0.3) is 5.56 Å². The van der Waals surface area contributed by atoms with Crippen molar-refractivity contribution in [3.63, 3.8) is 0 Å². The Kier molecular flexibility index (Phi) is 5.32. The highest BCUT2D eigenvalue weighted by atomic mass is 16.5. The highest BCUT2D eigenvalue weighted by molar-refractivity contribution is 5.85. The van der Waals surface area contributed by atoms with Crippen molar-refractivity contribution in [3.05, 3.63) is 39.8 Å². The lowest BCUT2D eigenvalue weighted by Gasteiger charge is -2.10. The lowest BCUT2D eigenvalue weighted by Crippen LogP contribution is -2.24. The summed E-state index contributed by atoms with van der Waals surface area (Å²) in [5, 5.41) is 8.55. The molecule has 0 amide bonds. The first kappa shape index (κ1) is 14.2. The van der Waals surface area contributed by atoms with Crippen LogP contribution < -0.4 is 5.56 Å². The molecular weight excluding hydrogens is 234 g/mol. The zero-order valence-electron chi connectivity index (χ0n) is 10.5. The van der Waals surface area contributed by atoms with Gasteiger partial charge in [-0.2, -0.15) is 0 Å². The summed E-state index contributed by atoms with van der Waals surface area (Å²) in [6.07, 6.45) is 3.02. The van der Waals surface area contributed by atoms with E-state index in [4.69, 9.17) is 9.84 Å². The number of hydrogen-bond acceptors (Lipinski definition) is 3. The van der Waals surface area contributed by atoms with Crippen molar-refractivity contribution >= 4 is 12.0 Å². The van der Waals surface area contributed by atoms with Crippen LogP contribution in [0.4, 0.5) is 0 Å². The van der Waals surface area contributed by atoms with E-state index in [-0.39, 0.29) is 5.56 Å². The summed E-state index contributed by atoms with van der Waals surface area (Å²) in [4.78, 5) is 22.5. The van der Waals surface area contributed by atoms with Gasteiger partial charge in [-0.05, 0) is 31.6 Å². The predicted octanol–water partition coefficient (Wildman–Crippen LogP) is 1.29. The third-order valence-electron chi connectivity index (χ3n) is 2.56. The quantitative estimate of drug-likeness (QED) is 0.611. The largest absolute Gasteiger partial charge is 0.478 e. The number of carboxylic acids is 1. The van der Waals surface area contributed by atoms with Crippen molar-refractivity contribution in [2.75, 3.05) is 13.7 Å². The molecule has 0 atom stereocenters. The van der Waals surface area contributed by atoms with E-state index in [2.05, 4.69) is 0 Å². The van der Waals surface area contributed by atoms with Crippen LogP contribution in [0.15, 0.2) is 23.0 Å². The van der Waals surface area contributed by atoms with Gasteiger partial charge in [0.1, 0.15) is 0 Å². The molecule has 0 spiro atoms. The van der Waals surface area contributed by atoms with Gasteiger partial charge in [0.2, 0.25) is 0 Å². The highest BCUT2D eigenvalue weighted by Gasteiger charge is 2.04. The molecule has 0 aliphatic rings. The van der Waals surface area contributed by atoms with Crippen LogP contribution in [0.1, 0.15) is 17.7 Å². The van der Waals surface area contributed by atoms with Gasteiger partial charge < -0.3 is 14.4 Å². The lowest BCUT2D eigenvalue weighted by molar-refractivity contribution is -0.131. The number of aliphatic carboxylic acids is 1. The lowest BCUT2D eigenvalue weighted by atomic mass is 10.2. The highest BCUT2D eigenvalue weighted by Crippen LogP contribution is 2.02. The summed E-state index contributed by atoms with van der Waals surface area (Å²) in [6, 6.07) is 3.43.